The standard InChI is InChI=1S/C31H32FN3O3/c1-34(2)26-10-8-22(9-11-26)23-6-7-25(29(32)16-23)19-35(31(38)28-15-20-3-5-24(28)13-20)27-14-21(17-33-18-27)4-12-30(36)37/h4,6-12,14,16-18,20,24,28H,3,5,13,15,19H2,1-2H3,(H,36,37)/t20-,24+,28-/m1/s1. The molecule has 7 heteroatoms. The molecule has 3 atom stereocenters. The van der Waals surface area contributed by atoms with E-state index in [0.29, 0.717) is 28.7 Å². The summed E-state index contributed by atoms with van der Waals surface area (Å²) in [7, 11) is 3.95. The Morgan fingerprint density at radius 1 is 1.00 bits per heavy atom. The number of hydrogen-bond donors (Lipinski definition) is 1. The lowest BCUT2D eigenvalue weighted by molar-refractivity contribution is -0.131. The van der Waals surface area contributed by atoms with Crippen molar-refractivity contribution in [3.05, 3.63) is 83.9 Å². The zero-order chi connectivity index (χ0) is 26.8. The number of halogens is 1. The van der Waals surface area contributed by atoms with E-state index in [1.807, 2.05) is 49.3 Å². The van der Waals surface area contributed by atoms with Crippen LogP contribution in [0.25, 0.3) is 17.2 Å². The highest BCUT2D eigenvalue weighted by molar-refractivity contribution is 5.96. The van der Waals surface area contributed by atoms with E-state index >= 15 is 4.39 Å². The van der Waals surface area contributed by atoms with Crippen molar-refractivity contribution in [2.45, 2.75) is 32.2 Å². The molecule has 1 amide bonds. The van der Waals surface area contributed by atoms with Crippen LogP contribution in [0.5, 0.6) is 0 Å². The van der Waals surface area contributed by atoms with Crippen molar-refractivity contribution in [1.29, 1.82) is 0 Å². The van der Waals surface area contributed by atoms with Gasteiger partial charge >= 0.3 is 5.97 Å². The quantitative estimate of drug-likeness (QED) is 0.373. The summed E-state index contributed by atoms with van der Waals surface area (Å²) in [6.45, 7) is 0.0756. The number of hydrogen-bond acceptors (Lipinski definition) is 4. The van der Waals surface area contributed by atoms with Gasteiger partial charge in [-0.1, -0.05) is 30.7 Å². The second kappa shape index (κ2) is 10.8. The summed E-state index contributed by atoms with van der Waals surface area (Å²) >= 11 is 0. The predicted octanol–water partition coefficient (Wildman–Crippen LogP) is 6.02. The third-order valence-corrected chi connectivity index (χ3v) is 7.89. The van der Waals surface area contributed by atoms with Crippen molar-refractivity contribution < 1.29 is 19.1 Å². The van der Waals surface area contributed by atoms with Crippen LogP contribution in [0.4, 0.5) is 15.8 Å². The normalized spacial score (nSPS) is 20.1. The molecule has 2 aliphatic rings. The van der Waals surface area contributed by atoms with Gasteiger partial charge in [0.15, 0.2) is 0 Å². The zero-order valence-corrected chi connectivity index (χ0v) is 21.7. The van der Waals surface area contributed by atoms with Crippen LogP contribution in [0.2, 0.25) is 0 Å². The van der Waals surface area contributed by atoms with E-state index in [0.717, 1.165) is 42.2 Å². The lowest BCUT2D eigenvalue weighted by atomic mass is 9.87. The largest absolute Gasteiger partial charge is 0.478 e. The highest BCUT2D eigenvalue weighted by atomic mass is 19.1. The van der Waals surface area contributed by atoms with E-state index in [1.54, 1.807) is 29.4 Å². The first-order valence-corrected chi connectivity index (χ1v) is 13.0. The molecule has 3 aromatic rings. The molecule has 1 aromatic heterocycles. The number of aliphatic carboxylic acids is 1. The molecule has 2 aromatic carbocycles. The van der Waals surface area contributed by atoms with Gasteiger partial charge in [0.05, 0.1) is 18.4 Å². The van der Waals surface area contributed by atoms with Crippen molar-refractivity contribution >= 4 is 29.3 Å². The summed E-state index contributed by atoms with van der Waals surface area (Å²) in [5.41, 5.74) is 4.26. The molecule has 0 spiro atoms. The molecule has 1 heterocycles. The number of rotatable bonds is 8. The number of anilines is 2. The molecule has 196 valence electrons. The second-order valence-corrected chi connectivity index (χ2v) is 10.6. The fraction of sp³-hybridized carbons (Fsp3) is 0.323. The first-order chi connectivity index (χ1) is 18.3. The topological polar surface area (TPSA) is 73.7 Å². The summed E-state index contributed by atoms with van der Waals surface area (Å²) in [5.74, 6) is -0.571. The fourth-order valence-electron chi connectivity index (χ4n) is 5.87. The molecular weight excluding hydrogens is 481 g/mol. The molecule has 0 unspecified atom stereocenters. The Morgan fingerprint density at radius 3 is 2.39 bits per heavy atom. The highest BCUT2D eigenvalue weighted by Crippen LogP contribution is 2.49. The minimum absolute atomic E-state index is 0.0129. The molecule has 2 saturated carbocycles. The molecule has 5 rings (SSSR count). The lowest BCUT2D eigenvalue weighted by Gasteiger charge is -2.30. The van der Waals surface area contributed by atoms with Crippen molar-refractivity contribution in [2.75, 3.05) is 23.9 Å². The van der Waals surface area contributed by atoms with Gasteiger partial charge < -0.3 is 14.9 Å². The van der Waals surface area contributed by atoms with E-state index in [-0.39, 0.29) is 24.2 Å². The summed E-state index contributed by atoms with van der Waals surface area (Å²) in [6, 6.07) is 14.8. The molecule has 1 N–H and O–H groups in total. The molecule has 6 nitrogen and oxygen atoms in total. The van der Waals surface area contributed by atoms with Crippen molar-refractivity contribution in [1.82, 2.24) is 4.98 Å². The smallest absolute Gasteiger partial charge is 0.328 e. The van der Waals surface area contributed by atoms with Crippen LogP contribution >= 0.6 is 0 Å². The monoisotopic (exact) mass is 513 g/mol. The molecule has 2 bridgehead atoms. The van der Waals surface area contributed by atoms with Gasteiger partial charge in [0, 0.05) is 43.5 Å². The van der Waals surface area contributed by atoms with E-state index in [2.05, 4.69) is 4.98 Å². The van der Waals surface area contributed by atoms with Crippen LogP contribution in [0, 0.1) is 23.6 Å². The van der Waals surface area contributed by atoms with Gasteiger partial charge in [0.2, 0.25) is 5.91 Å². The summed E-state index contributed by atoms with van der Waals surface area (Å²) in [6.07, 6.45) is 9.79. The van der Waals surface area contributed by atoms with Gasteiger partial charge in [-0.25, -0.2) is 9.18 Å². The Balaban J connectivity index is 1.44. The van der Waals surface area contributed by atoms with Gasteiger partial charge in [-0.15, -0.1) is 0 Å². The number of aromatic nitrogens is 1. The number of fused-ring (bicyclic) bond motifs is 2. The van der Waals surface area contributed by atoms with Crippen molar-refractivity contribution in [2.24, 2.45) is 17.8 Å². The highest BCUT2D eigenvalue weighted by Gasteiger charge is 2.44. The molecule has 38 heavy (non-hydrogen) atoms. The third kappa shape index (κ3) is 5.47. The number of nitrogens with zero attached hydrogens (tertiary/aromatic N) is 3. The van der Waals surface area contributed by atoms with Crippen LogP contribution < -0.4 is 9.80 Å². The average Bonchev–Trinajstić information content (AvgIpc) is 3.55. The number of carboxylic acid groups (broad SMARTS) is 1. The SMILES string of the molecule is CN(C)c1ccc(-c2ccc(CN(C(=O)[C@@H]3C[C@@H]4CC[C@H]3C4)c3cncc(C=CC(=O)O)c3)c(F)c2)cc1. The molecule has 0 aliphatic heterocycles. The fourth-order valence-corrected chi connectivity index (χ4v) is 5.87. The first kappa shape index (κ1) is 25.6. The van der Waals surface area contributed by atoms with Crippen LogP contribution in [-0.4, -0.2) is 36.1 Å². The first-order valence-electron chi connectivity index (χ1n) is 13.0. The van der Waals surface area contributed by atoms with E-state index in [1.165, 1.54) is 18.6 Å². The Morgan fingerprint density at radius 2 is 1.76 bits per heavy atom. The summed E-state index contributed by atoms with van der Waals surface area (Å²) in [5, 5.41) is 9.00. The second-order valence-electron chi connectivity index (χ2n) is 10.6. The number of pyridine rings is 1. The number of carbonyl (C=O) groups excluding carboxylic acids is 1. The zero-order valence-electron chi connectivity index (χ0n) is 21.7. The third-order valence-electron chi connectivity index (χ3n) is 7.89. The maximum Gasteiger partial charge on any atom is 0.328 e. The van der Waals surface area contributed by atoms with E-state index in [9.17, 15) is 9.59 Å². The maximum atomic E-state index is 15.5. The van der Waals surface area contributed by atoms with Gasteiger partial charge in [0.1, 0.15) is 5.82 Å². The Bertz CT molecular complexity index is 1370. The Kier molecular flexibility index (Phi) is 7.27. The minimum atomic E-state index is -1.07. The Labute approximate surface area is 222 Å². The number of carbonyl (C=O) groups is 2. The number of benzene rings is 2. The predicted molar refractivity (Wildman–Crippen MR) is 147 cm³/mol. The van der Waals surface area contributed by atoms with Crippen molar-refractivity contribution in [3.63, 3.8) is 0 Å². The van der Waals surface area contributed by atoms with Gasteiger partial charge in [0.25, 0.3) is 0 Å². The Hall–Kier alpha value is -4.00. The molecular formula is C31H32FN3O3. The molecule has 2 fully saturated rings. The van der Waals surface area contributed by atoms with Crippen LogP contribution in [0.15, 0.2) is 67.0 Å². The number of amides is 1. The van der Waals surface area contributed by atoms with E-state index < -0.39 is 5.97 Å². The minimum Gasteiger partial charge on any atom is -0.478 e. The van der Waals surface area contributed by atoms with Gasteiger partial charge in [-0.2, -0.15) is 0 Å². The number of carboxylic acids is 1. The van der Waals surface area contributed by atoms with Gasteiger partial charge in [-0.05, 0) is 78.1 Å². The van der Waals surface area contributed by atoms with Crippen molar-refractivity contribution in [3.8, 4) is 11.1 Å². The van der Waals surface area contributed by atoms with Gasteiger partial charge in [-0.3, -0.25) is 9.78 Å². The summed E-state index contributed by atoms with van der Waals surface area (Å²) < 4.78 is 15.5. The van der Waals surface area contributed by atoms with Crippen LogP contribution in [0.1, 0.15) is 36.8 Å². The summed E-state index contributed by atoms with van der Waals surface area (Å²) in [4.78, 5) is 32.7. The van der Waals surface area contributed by atoms with Crippen LogP contribution in [0.3, 0.4) is 0 Å². The molecule has 0 radical (unpaired) electrons. The molecule has 2 aliphatic carbocycles. The van der Waals surface area contributed by atoms with E-state index in [4.69, 9.17) is 5.11 Å². The van der Waals surface area contributed by atoms with Crippen LogP contribution in [-0.2, 0) is 16.1 Å². The average molecular weight is 514 g/mol. The maximum absolute atomic E-state index is 15.5. The molecule has 0 saturated heterocycles. The lowest BCUT2D eigenvalue weighted by Crippen LogP contribution is -2.38.